The quantitative estimate of drug-likeness (QED) is 0.685. The third-order valence-corrected chi connectivity index (χ3v) is 3.24. The van der Waals surface area contributed by atoms with Gasteiger partial charge in [0.25, 0.3) is 0 Å². The standard InChI is InChI=1S/C11H23N3O/c1-4-14-7-5-6-10(14)8-13-11(15)9(2)12-3/h9-10,12H,4-8H2,1-3H3,(H,13,15). The largest absolute Gasteiger partial charge is 0.353 e. The highest BCUT2D eigenvalue weighted by Crippen LogP contribution is 2.15. The summed E-state index contributed by atoms with van der Waals surface area (Å²) in [6.07, 6.45) is 2.47. The van der Waals surface area contributed by atoms with Crippen LogP contribution < -0.4 is 10.6 Å². The van der Waals surface area contributed by atoms with E-state index in [9.17, 15) is 4.79 Å². The number of carbonyl (C=O) groups is 1. The zero-order valence-corrected chi connectivity index (χ0v) is 10.0. The van der Waals surface area contributed by atoms with E-state index in [1.165, 1.54) is 19.4 Å². The second kappa shape index (κ2) is 6.08. The first kappa shape index (κ1) is 12.5. The van der Waals surface area contributed by atoms with Gasteiger partial charge >= 0.3 is 0 Å². The lowest BCUT2D eigenvalue weighted by molar-refractivity contribution is -0.122. The zero-order chi connectivity index (χ0) is 11.3. The molecule has 1 fully saturated rings. The average molecular weight is 213 g/mol. The number of hydrogen-bond donors (Lipinski definition) is 2. The summed E-state index contributed by atoms with van der Waals surface area (Å²) in [7, 11) is 1.80. The fourth-order valence-electron chi connectivity index (χ4n) is 2.05. The lowest BCUT2D eigenvalue weighted by Crippen LogP contribution is -2.46. The molecule has 0 spiro atoms. The predicted molar refractivity (Wildman–Crippen MR) is 61.8 cm³/mol. The molecule has 1 aliphatic heterocycles. The van der Waals surface area contributed by atoms with Crippen molar-refractivity contribution in [1.29, 1.82) is 0 Å². The van der Waals surface area contributed by atoms with Gasteiger partial charge in [0, 0.05) is 12.6 Å². The fourth-order valence-corrected chi connectivity index (χ4v) is 2.05. The van der Waals surface area contributed by atoms with Gasteiger partial charge in [-0.15, -0.1) is 0 Å². The van der Waals surface area contributed by atoms with E-state index in [1.807, 2.05) is 6.92 Å². The Morgan fingerprint density at radius 2 is 2.33 bits per heavy atom. The zero-order valence-electron chi connectivity index (χ0n) is 10.0. The van der Waals surface area contributed by atoms with Gasteiger partial charge in [0.15, 0.2) is 0 Å². The van der Waals surface area contributed by atoms with Crippen molar-refractivity contribution < 1.29 is 4.79 Å². The van der Waals surface area contributed by atoms with Crippen molar-refractivity contribution in [2.75, 3.05) is 26.7 Å². The molecule has 0 saturated carbocycles. The van der Waals surface area contributed by atoms with E-state index in [0.717, 1.165) is 13.1 Å². The number of likely N-dealkylation sites (N-methyl/N-ethyl adjacent to an activating group) is 2. The van der Waals surface area contributed by atoms with E-state index in [1.54, 1.807) is 7.05 Å². The second-order valence-corrected chi connectivity index (χ2v) is 4.18. The molecule has 0 aromatic heterocycles. The monoisotopic (exact) mass is 213 g/mol. The molecule has 1 aliphatic rings. The molecule has 4 heteroatoms. The SMILES string of the molecule is CCN1CCCC1CNC(=O)C(C)NC. The van der Waals surface area contributed by atoms with Crippen molar-refractivity contribution in [1.82, 2.24) is 15.5 Å². The minimum absolute atomic E-state index is 0.0959. The van der Waals surface area contributed by atoms with Gasteiger partial charge in [0.1, 0.15) is 0 Å². The van der Waals surface area contributed by atoms with Gasteiger partial charge < -0.3 is 10.6 Å². The first-order chi connectivity index (χ1) is 7.19. The molecule has 0 aliphatic carbocycles. The summed E-state index contributed by atoms with van der Waals surface area (Å²) >= 11 is 0. The van der Waals surface area contributed by atoms with Crippen molar-refractivity contribution in [3.05, 3.63) is 0 Å². The van der Waals surface area contributed by atoms with Crippen LogP contribution in [-0.2, 0) is 4.79 Å². The predicted octanol–water partition coefficient (Wildman–Crippen LogP) is 0.195. The Hall–Kier alpha value is -0.610. The molecule has 2 N–H and O–H groups in total. The van der Waals surface area contributed by atoms with E-state index in [4.69, 9.17) is 0 Å². The Morgan fingerprint density at radius 3 is 2.93 bits per heavy atom. The molecule has 1 saturated heterocycles. The summed E-state index contributed by atoms with van der Waals surface area (Å²) in [5, 5.41) is 5.94. The molecule has 1 rings (SSSR count). The van der Waals surface area contributed by atoms with Gasteiger partial charge in [0.05, 0.1) is 6.04 Å². The van der Waals surface area contributed by atoms with E-state index in [0.29, 0.717) is 6.04 Å². The van der Waals surface area contributed by atoms with Crippen LogP contribution in [0.3, 0.4) is 0 Å². The highest BCUT2D eigenvalue weighted by Gasteiger charge is 2.23. The summed E-state index contributed by atoms with van der Waals surface area (Å²) < 4.78 is 0. The minimum atomic E-state index is -0.0959. The number of amides is 1. The van der Waals surface area contributed by atoms with Gasteiger partial charge in [-0.2, -0.15) is 0 Å². The maximum Gasteiger partial charge on any atom is 0.236 e. The van der Waals surface area contributed by atoms with Crippen LogP contribution in [-0.4, -0.2) is 49.6 Å². The van der Waals surface area contributed by atoms with Gasteiger partial charge in [0.2, 0.25) is 5.91 Å². The van der Waals surface area contributed by atoms with Gasteiger partial charge in [-0.1, -0.05) is 6.92 Å². The minimum Gasteiger partial charge on any atom is -0.353 e. The number of rotatable bonds is 5. The number of nitrogens with zero attached hydrogens (tertiary/aromatic N) is 1. The molecule has 0 aromatic rings. The maximum absolute atomic E-state index is 11.5. The second-order valence-electron chi connectivity index (χ2n) is 4.18. The molecule has 4 nitrogen and oxygen atoms in total. The summed E-state index contributed by atoms with van der Waals surface area (Å²) in [5.74, 6) is 0.0976. The molecule has 2 unspecified atom stereocenters. The Balaban J connectivity index is 2.27. The first-order valence-electron chi connectivity index (χ1n) is 5.88. The Kier molecular flexibility index (Phi) is 5.05. The third-order valence-electron chi connectivity index (χ3n) is 3.24. The smallest absolute Gasteiger partial charge is 0.236 e. The van der Waals surface area contributed by atoms with Crippen molar-refractivity contribution in [2.24, 2.45) is 0 Å². The number of carbonyl (C=O) groups excluding carboxylic acids is 1. The normalized spacial score (nSPS) is 24.1. The van der Waals surface area contributed by atoms with Gasteiger partial charge in [-0.25, -0.2) is 0 Å². The van der Waals surface area contributed by atoms with E-state index in [-0.39, 0.29) is 11.9 Å². The Bertz CT molecular complexity index is 208. The molecule has 1 heterocycles. The fraction of sp³-hybridized carbons (Fsp3) is 0.909. The molecule has 0 aromatic carbocycles. The van der Waals surface area contributed by atoms with Crippen LogP contribution >= 0.6 is 0 Å². The van der Waals surface area contributed by atoms with Crippen LogP contribution in [0.15, 0.2) is 0 Å². The lowest BCUT2D eigenvalue weighted by Gasteiger charge is -2.23. The number of hydrogen-bond acceptors (Lipinski definition) is 3. The van der Waals surface area contributed by atoms with E-state index < -0.39 is 0 Å². The van der Waals surface area contributed by atoms with Crippen molar-refractivity contribution in [3.63, 3.8) is 0 Å². The van der Waals surface area contributed by atoms with Gasteiger partial charge in [-0.3, -0.25) is 9.69 Å². The average Bonchev–Trinajstić information content (AvgIpc) is 2.71. The molecule has 15 heavy (non-hydrogen) atoms. The molecule has 0 bridgehead atoms. The number of nitrogens with one attached hydrogen (secondary N) is 2. The Morgan fingerprint density at radius 1 is 1.60 bits per heavy atom. The first-order valence-corrected chi connectivity index (χ1v) is 5.88. The highest BCUT2D eigenvalue weighted by molar-refractivity contribution is 5.81. The molecule has 2 atom stereocenters. The van der Waals surface area contributed by atoms with Crippen LogP contribution in [0.5, 0.6) is 0 Å². The topological polar surface area (TPSA) is 44.4 Å². The summed E-state index contributed by atoms with van der Waals surface area (Å²) in [5.41, 5.74) is 0. The van der Waals surface area contributed by atoms with Crippen molar-refractivity contribution in [2.45, 2.75) is 38.8 Å². The summed E-state index contributed by atoms with van der Waals surface area (Å²) in [6, 6.07) is 0.449. The molecule has 88 valence electrons. The number of likely N-dealkylation sites (tertiary alicyclic amines) is 1. The van der Waals surface area contributed by atoms with Crippen LogP contribution in [0.2, 0.25) is 0 Å². The van der Waals surface area contributed by atoms with Gasteiger partial charge in [-0.05, 0) is 39.9 Å². The molecule has 0 radical (unpaired) electrons. The maximum atomic E-state index is 11.5. The van der Waals surface area contributed by atoms with E-state index >= 15 is 0 Å². The van der Waals surface area contributed by atoms with E-state index in [2.05, 4.69) is 22.5 Å². The summed E-state index contributed by atoms with van der Waals surface area (Å²) in [4.78, 5) is 14.0. The summed E-state index contributed by atoms with van der Waals surface area (Å²) in [6.45, 7) is 7.11. The van der Waals surface area contributed by atoms with Crippen LogP contribution in [0.1, 0.15) is 26.7 Å². The van der Waals surface area contributed by atoms with Crippen LogP contribution in [0.25, 0.3) is 0 Å². The lowest BCUT2D eigenvalue weighted by atomic mass is 10.2. The highest BCUT2D eigenvalue weighted by atomic mass is 16.2. The Labute approximate surface area is 92.4 Å². The molecular weight excluding hydrogens is 190 g/mol. The van der Waals surface area contributed by atoms with Crippen LogP contribution in [0, 0.1) is 0 Å². The molecule has 1 amide bonds. The third kappa shape index (κ3) is 3.47. The van der Waals surface area contributed by atoms with Crippen molar-refractivity contribution in [3.8, 4) is 0 Å². The molecular formula is C11H23N3O. The van der Waals surface area contributed by atoms with Crippen LogP contribution in [0.4, 0.5) is 0 Å². The van der Waals surface area contributed by atoms with Crippen molar-refractivity contribution >= 4 is 5.91 Å².